The van der Waals surface area contributed by atoms with Crippen LogP contribution in [0.1, 0.15) is 71.0 Å². The molecule has 9 nitrogen and oxygen atoms in total. The molecule has 0 saturated carbocycles. The average molecular weight is 572 g/mol. The fourth-order valence-corrected chi connectivity index (χ4v) is 6.17. The minimum Gasteiger partial charge on any atom is -0.503 e. The number of hydrogen-bond donors (Lipinski definition) is 1. The predicted molar refractivity (Wildman–Crippen MR) is 155 cm³/mol. The van der Waals surface area contributed by atoms with Gasteiger partial charge in [0.1, 0.15) is 0 Å². The van der Waals surface area contributed by atoms with Crippen LogP contribution in [0, 0.1) is 13.8 Å². The zero-order chi connectivity index (χ0) is 28.6. The maximum atomic E-state index is 13.8. The van der Waals surface area contributed by atoms with Gasteiger partial charge in [-0.2, -0.15) is 0 Å². The minimum atomic E-state index is -0.751. The zero-order valence-corrected chi connectivity index (χ0v) is 24.8. The van der Waals surface area contributed by atoms with Gasteiger partial charge in [-0.3, -0.25) is 14.5 Å². The molecule has 4 rings (SSSR count). The van der Waals surface area contributed by atoms with E-state index in [1.807, 2.05) is 25.1 Å². The van der Waals surface area contributed by atoms with Crippen LogP contribution in [0.2, 0.25) is 0 Å². The number of ether oxygens (including phenoxy) is 3. The van der Waals surface area contributed by atoms with Gasteiger partial charge in [-0.05, 0) is 44.4 Å². The lowest BCUT2D eigenvalue weighted by Crippen LogP contribution is -2.39. The van der Waals surface area contributed by atoms with E-state index >= 15 is 0 Å². The van der Waals surface area contributed by atoms with Crippen LogP contribution in [0.25, 0.3) is 0 Å². The fourth-order valence-electron chi connectivity index (χ4n) is 5.30. The summed E-state index contributed by atoms with van der Waals surface area (Å²) in [6.45, 7) is 10.7. The van der Waals surface area contributed by atoms with Crippen molar-refractivity contribution >= 4 is 23.0 Å². The number of nitrogens with zero attached hydrogens (tertiary/aromatic N) is 3. The van der Waals surface area contributed by atoms with Crippen molar-refractivity contribution in [3.05, 3.63) is 50.7 Å². The lowest BCUT2D eigenvalue weighted by molar-refractivity contribution is -0.129. The van der Waals surface area contributed by atoms with Crippen molar-refractivity contribution in [2.75, 3.05) is 53.1 Å². The van der Waals surface area contributed by atoms with Crippen LogP contribution in [-0.4, -0.2) is 84.7 Å². The Labute approximate surface area is 240 Å². The number of aliphatic hydroxyl groups excluding tert-OH is 1. The molecule has 1 fully saturated rings. The van der Waals surface area contributed by atoms with E-state index < -0.39 is 17.7 Å². The number of benzene rings is 1. The summed E-state index contributed by atoms with van der Waals surface area (Å²) in [7, 11) is 1.58. The monoisotopic (exact) mass is 571 g/mol. The Hall–Kier alpha value is -2.95. The molecule has 0 bridgehead atoms. The third-order valence-corrected chi connectivity index (χ3v) is 8.47. The number of thiazole rings is 1. The summed E-state index contributed by atoms with van der Waals surface area (Å²) in [5.74, 6) is -0.269. The number of aryl methyl sites for hydroxylation is 2. The van der Waals surface area contributed by atoms with Gasteiger partial charge >= 0.3 is 0 Å². The van der Waals surface area contributed by atoms with Crippen LogP contribution >= 0.6 is 11.3 Å². The maximum Gasteiger partial charge on any atom is 0.290 e. The van der Waals surface area contributed by atoms with Crippen molar-refractivity contribution in [2.45, 2.75) is 58.9 Å². The van der Waals surface area contributed by atoms with Crippen LogP contribution in [0.5, 0.6) is 11.5 Å². The molecule has 2 aromatic rings. The Morgan fingerprint density at radius 3 is 2.58 bits per heavy atom. The fraction of sp³-hybridized carbons (Fsp3) is 0.567. The Morgan fingerprint density at radius 2 is 1.90 bits per heavy atom. The number of hydrogen-bond acceptors (Lipinski definition) is 9. The Bertz CT molecular complexity index is 1220. The van der Waals surface area contributed by atoms with Gasteiger partial charge in [0.2, 0.25) is 5.78 Å². The predicted octanol–water partition coefficient (Wildman–Crippen LogP) is 5.03. The molecule has 1 aromatic carbocycles. The Balaban J connectivity index is 1.62. The molecule has 3 heterocycles. The van der Waals surface area contributed by atoms with E-state index in [2.05, 4.69) is 16.8 Å². The van der Waals surface area contributed by atoms with E-state index in [0.29, 0.717) is 60.4 Å². The van der Waals surface area contributed by atoms with Crippen molar-refractivity contribution < 1.29 is 28.9 Å². The molecule has 1 saturated heterocycles. The van der Waals surface area contributed by atoms with E-state index in [1.54, 1.807) is 18.9 Å². The molecular formula is C30H41N3O6S. The number of amides is 1. The van der Waals surface area contributed by atoms with Gasteiger partial charge < -0.3 is 24.2 Å². The van der Waals surface area contributed by atoms with E-state index in [4.69, 9.17) is 14.2 Å². The summed E-state index contributed by atoms with van der Waals surface area (Å²) in [6.07, 6.45) is 5.08. The van der Waals surface area contributed by atoms with Crippen LogP contribution < -0.4 is 9.47 Å². The normalized spacial score (nSPS) is 18.1. The Kier molecular flexibility index (Phi) is 10.6. The SMILES string of the molecule is CCCCCCOc1ccc(C2C(C(=O)c3sc(C)nc3C)=C(O)C(=O)N2CCCN2CCOCC2)cc1OC. The second-order valence-electron chi connectivity index (χ2n) is 10.3. The summed E-state index contributed by atoms with van der Waals surface area (Å²) < 4.78 is 17.1. The number of aliphatic hydroxyl groups is 1. The summed E-state index contributed by atoms with van der Waals surface area (Å²) in [6, 6.07) is 4.74. The van der Waals surface area contributed by atoms with Crippen LogP contribution in [0.15, 0.2) is 29.5 Å². The van der Waals surface area contributed by atoms with Gasteiger partial charge in [0.15, 0.2) is 17.3 Å². The molecular weight excluding hydrogens is 530 g/mol. The smallest absolute Gasteiger partial charge is 0.290 e. The number of aromatic nitrogens is 1. The first-order valence-electron chi connectivity index (χ1n) is 14.2. The number of carbonyl (C=O) groups is 2. The molecule has 1 N–H and O–H groups in total. The van der Waals surface area contributed by atoms with Gasteiger partial charge in [0.05, 0.1) is 54.1 Å². The zero-order valence-electron chi connectivity index (χ0n) is 24.0. The summed E-state index contributed by atoms with van der Waals surface area (Å²) in [5, 5.41) is 11.8. The molecule has 1 amide bonds. The summed E-state index contributed by atoms with van der Waals surface area (Å²) in [5.41, 5.74) is 1.36. The molecule has 0 spiro atoms. The molecule has 0 aliphatic carbocycles. The number of rotatable bonds is 14. The van der Waals surface area contributed by atoms with Crippen LogP contribution in [0.3, 0.4) is 0 Å². The number of Topliss-reactive ketones (excluding diaryl/α,β-unsaturated/α-hetero) is 1. The molecule has 1 aromatic heterocycles. The topological polar surface area (TPSA) is 101 Å². The maximum absolute atomic E-state index is 13.8. The lowest BCUT2D eigenvalue weighted by atomic mass is 9.94. The quantitative estimate of drug-likeness (QED) is 0.249. The first-order valence-corrected chi connectivity index (χ1v) is 15.0. The Morgan fingerprint density at radius 1 is 1.12 bits per heavy atom. The summed E-state index contributed by atoms with van der Waals surface area (Å²) >= 11 is 1.27. The van der Waals surface area contributed by atoms with E-state index in [0.717, 1.165) is 43.9 Å². The second kappa shape index (κ2) is 14.1. The number of unbranched alkanes of at least 4 members (excludes halogenated alkanes) is 3. The van der Waals surface area contributed by atoms with Gasteiger partial charge in [-0.1, -0.05) is 32.3 Å². The van der Waals surface area contributed by atoms with Crippen molar-refractivity contribution in [3.63, 3.8) is 0 Å². The highest BCUT2D eigenvalue weighted by molar-refractivity contribution is 7.14. The highest BCUT2D eigenvalue weighted by atomic mass is 32.1. The summed E-state index contributed by atoms with van der Waals surface area (Å²) in [4.78, 5) is 36.0. The van der Waals surface area contributed by atoms with Gasteiger partial charge in [0, 0.05) is 26.2 Å². The molecule has 10 heteroatoms. The molecule has 40 heavy (non-hydrogen) atoms. The van der Waals surface area contributed by atoms with Crippen molar-refractivity contribution in [1.82, 2.24) is 14.8 Å². The van der Waals surface area contributed by atoms with E-state index in [9.17, 15) is 14.7 Å². The third-order valence-electron chi connectivity index (χ3n) is 7.39. The van der Waals surface area contributed by atoms with Crippen LogP contribution in [-0.2, 0) is 9.53 Å². The van der Waals surface area contributed by atoms with Crippen molar-refractivity contribution in [2.24, 2.45) is 0 Å². The first-order chi connectivity index (χ1) is 19.3. The number of ketones is 1. The molecule has 2 aliphatic heterocycles. The van der Waals surface area contributed by atoms with E-state index in [-0.39, 0.29) is 11.4 Å². The van der Waals surface area contributed by atoms with E-state index in [1.165, 1.54) is 17.8 Å². The van der Waals surface area contributed by atoms with Crippen molar-refractivity contribution in [3.8, 4) is 11.5 Å². The highest BCUT2D eigenvalue weighted by Crippen LogP contribution is 2.42. The number of methoxy groups -OCH3 is 1. The largest absolute Gasteiger partial charge is 0.503 e. The van der Waals surface area contributed by atoms with Crippen molar-refractivity contribution in [1.29, 1.82) is 0 Å². The minimum absolute atomic E-state index is 0.0819. The molecule has 1 unspecified atom stereocenters. The van der Waals surface area contributed by atoms with Gasteiger partial charge in [-0.25, -0.2) is 4.98 Å². The standard InChI is InChI=1S/C30H41N3O6S/c1-5-6-7-8-16-39-23-11-10-22(19-24(23)37-4)26-25(27(34)29-20(2)31-21(3)40-29)28(35)30(36)33(26)13-9-12-32-14-17-38-18-15-32/h10-11,19,26,35H,5-9,12-18H2,1-4H3. The molecule has 0 radical (unpaired) electrons. The number of carbonyl (C=O) groups excluding carboxylic acids is 2. The van der Waals surface area contributed by atoms with Gasteiger partial charge in [-0.15, -0.1) is 11.3 Å². The van der Waals surface area contributed by atoms with Gasteiger partial charge in [0.25, 0.3) is 5.91 Å². The number of morpholine rings is 1. The third kappa shape index (κ3) is 6.85. The molecule has 2 aliphatic rings. The van der Waals surface area contributed by atoms with Crippen LogP contribution in [0.4, 0.5) is 0 Å². The molecule has 1 atom stereocenters. The highest BCUT2D eigenvalue weighted by Gasteiger charge is 2.44. The molecule has 218 valence electrons. The first kappa shape index (κ1) is 30.0. The second-order valence-corrected chi connectivity index (χ2v) is 11.5. The average Bonchev–Trinajstić information content (AvgIpc) is 3.43. The lowest BCUT2D eigenvalue weighted by Gasteiger charge is -2.30.